The molecule has 0 radical (unpaired) electrons. The van der Waals surface area contributed by atoms with Crippen molar-refractivity contribution in [1.82, 2.24) is 0 Å². The van der Waals surface area contributed by atoms with Crippen LogP contribution < -0.4 is 0 Å². The van der Waals surface area contributed by atoms with E-state index in [1.165, 1.54) is 0 Å². The van der Waals surface area contributed by atoms with Crippen molar-refractivity contribution in [2.75, 3.05) is 6.61 Å². The molecule has 0 aliphatic heterocycles. The summed E-state index contributed by atoms with van der Waals surface area (Å²) in [6, 6.07) is 0. The van der Waals surface area contributed by atoms with Crippen molar-refractivity contribution in [3.05, 3.63) is 0 Å². The summed E-state index contributed by atoms with van der Waals surface area (Å²) in [7, 11) is -1.50. The van der Waals surface area contributed by atoms with Gasteiger partial charge in [-0.1, -0.05) is 13.3 Å². The molecule has 0 aromatic rings. The number of aliphatic hydroxyl groups is 1. The van der Waals surface area contributed by atoms with Crippen molar-refractivity contribution < 1.29 is 14.6 Å². The van der Waals surface area contributed by atoms with Gasteiger partial charge in [-0.25, -0.2) is 0 Å². The molecule has 4 heteroatoms. The predicted octanol–water partition coefficient (Wildman–Crippen LogP) is 0.429. The maximum absolute atomic E-state index is 8.57. The Morgan fingerprint density at radius 1 is 1.62 bits per heavy atom. The number of unbranched alkanes of at least 4 members (excludes halogenated alkanes) is 1. The Morgan fingerprint density at radius 2 is 2.00 bits per heavy atom. The summed E-state index contributed by atoms with van der Waals surface area (Å²) in [6.45, 7) is 2.40. The second-order valence-corrected chi connectivity index (χ2v) is 1.39. The summed E-state index contributed by atoms with van der Waals surface area (Å²) in [5, 5.41) is 8.07. The number of hydrogen-bond acceptors (Lipinski definition) is 2. The topological polar surface area (TPSA) is 57.5 Å². The highest BCUT2D eigenvalue weighted by molar-refractivity contribution is 7.16. The highest BCUT2D eigenvalue weighted by Gasteiger charge is 1.69. The van der Waals surface area contributed by atoms with Crippen LogP contribution in [0.15, 0.2) is 0 Å². The molecule has 1 unspecified atom stereocenters. The van der Waals surface area contributed by atoms with Gasteiger partial charge in [0.25, 0.3) is 0 Å². The Balaban J connectivity index is 0. The van der Waals surface area contributed by atoms with Crippen LogP contribution in [0, 0.1) is 0 Å². The van der Waals surface area contributed by atoms with Gasteiger partial charge in [-0.2, -0.15) is 0 Å². The van der Waals surface area contributed by atoms with E-state index in [1.807, 2.05) is 0 Å². The van der Waals surface area contributed by atoms with Gasteiger partial charge in [-0.3, -0.25) is 4.57 Å². The van der Waals surface area contributed by atoms with Crippen LogP contribution in [0.1, 0.15) is 19.8 Å². The zero-order chi connectivity index (χ0) is 6.83. The van der Waals surface area contributed by atoms with Gasteiger partial charge in [0.2, 0.25) is 0 Å². The zero-order valence-electron chi connectivity index (χ0n) is 5.00. The van der Waals surface area contributed by atoms with Gasteiger partial charge in [-0.15, -0.1) is 0 Å². The summed E-state index contributed by atoms with van der Waals surface area (Å²) in [5.41, 5.74) is 0. The summed E-state index contributed by atoms with van der Waals surface area (Å²) < 4.78 is 8.57. The maximum Gasteiger partial charge on any atom is 0.177 e. The highest BCUT2D eigenvalue weighted by atomic mass is 31.1. The van der Waals surface area contributed by atoms with E-state index in [0.29, 0.717) is 6.61 Å². The lowest BCUT2D eigenvalue weighted by Gasteiger charge is -1.79. The van der Waals surface area contributed by atoms with Gasteiger partial charge >= 0.3 is 0 Å². The van der Waals surface area contributed by atoms with Gasteiger partial charge in [-0.05, 0) is 6.42 Å². The molecular formula is C4H13O3P. The first-order valence-electron chi connectivity index (χ1n) is 2.52. The number of hydrogen-bond donors (Lipinski definition) is 2. The fourth-order valence-electron chi connectivity index (χ4n) is 0.158. The van der Waals surface area contributed by atoms with Gasteiger partial charge in [0.1, 0.15) is 0 Å². The lowest BCUT2D eigenvalue weighted by atomic mass is 10.4. The fourth-order valence-corrected chi connectivity index (χ4v) is 0.158. The monoisotopic (exact) mass is 140 g/mol. The van der Waals surface area contributed by atoms with E-state index in [0.717, 1.165) is 12.8 Å². The van der Waals surface area contributed by atoms with Crippen molar-refractivity contribution in [3.63, 3.8) is 0 Å². The molecule has 0 bridgehead atoms. The van der Waals surface area contributed by atoms with E-state index in [2.05, 4.69) is 6.92 Å². The average Bonchev–Trinajstić information content (AvgIpc) is 1.71. The molecule has 2 N–H and O–H groups in total. The molecule has 0 aliphatic carbocycles. The third-order valence-corrected chi connectivity index (χ3v) is 0.512. The van der Waals surface area contributed by atoms with Crippen LogP contribution in [0.3, 0.4) is 0 Å². The standard InChI is InChI=1S/C4H10O.H3O2P/c1-2-3-4-5;1-3-2/h5H,2-4H2,1H3;3H2,(H,1,2). The van der Waals surface area contributed by atoms with Gasteiger partial charge in [0.05, 0.1) is 0 Å². The van der Waals surface area contributed by atoms with Gasteiger partial charge in [0.15, 0.2) is 8.69 Å². The molecule has 0 aromatic heterocycles. The Hall–Kier alpha value is 0.150. The molecule has 0 saturated carbocycles. The van der Waals surface area contributed by atoms with Crippen molar-refractivity contribution in [1.29, 1.82) is 0 Å². The smallest absolute Gasteiger partial charge is 0.177 e. The normalized spacial score (nSPS) is 8.88. The molecular weight excluding hydrogens is 127 g/mol. The molecule has 0 amide bonds. The minimum absolute atomic E-state index is 0.344. The lowest BCUT2D eigenvalue weighted by Crippen LogP contribution is -1.75. The molecule has 0 saturated heterocycles. The zero-order valence-corrected chi connectivity index (χ0v) is 6.16. The van der Waals surface area contributed by atoms with Crippen LogP contribution in [0.5, 0.6) is 0 Å². The molecule has 1 atom stereocenters. The quantitative estimate of drug-likeness (QED) is 0.547. The Bertz CT molecular complexity index is 38.3. The average molecular weight is 140 g/mol. The van der Waals surface area contributed by atoms with Crippen molar-refractivity contribution in [3.8, 4) is 0 Å². The molecule has 8 heavy (non-hydrogen) atoms. The third kappa shape index (κ3) is 35.3. The molecule has 0 aliphatic rings. The van der Waals surface area contributed by atoms with Crippen LogP contribution in [0.4, 0.5) is 0 Å². The minimum Gasteiger partial charge on any atom is -0.396 e. The second kappa shape index (κ2) is 15.7. The summed E-state index contributed by atoms with van der Waals surface area (Å²) >= 11 is 0. The summed E-state index contributed by atoms with van der Waals surface area (Å²) in [6.07, 6.45) is 2.04. The van der Waals surface area contributed by atoms with Gasteiger partial charge < -0.3 is 10.00 Å². The third-order valence-electron chi connectivity index (χ3n) is 0.512. The van der Waals surface area contributed by atoms with Crippen LogP contribution in [-0.2, 0) is 4.57 Å². The molecule has 52 valence electrons. The van der Waals surface area contributed by atoms with E-state index in [4.69, 9.17) is 14.6 Å². The predicted molar refractivity (Wildman–Crippen MR) is 34.6 cm³/mol. The molecule has 0 heterocycles. The first kappa shape index (κ1) is 11.0. The van der Waals surface area contributed by atoms with Crippen molar-refractivity contribution in [2.45, 2.75) is 19.8 Å². The van der Waals surface area contributed by atoms with Crippen LogP contribution >= 0.6 is 8.69 Å². The highest BCUT2D eigenvalue weighted by Crippen LogP contribution is 1.78. The van der Waals surface area contributed by atoms with Gasteiger partial charge in [0, 0.05) is 6.61 Å². The molecule has 0 fully saturated rings. The van der Waals surface area contributed by atoms with E-state index in [1.54, 1.807) is 0 Å². The molecule has 0 spiro atoms. The van der Waals surface area contributed by atoms with Crippen molar-refractivity contribution in [2.24, 2.45) is 0 Å². The minimum atomic E-state index is -1.50. The van der Waals surface area contributed by atoms with E-state index in [-0.39, 0.29) is 0 Å². The van der Waals surface area contributed by atoms with E-state index in [9.17, 15) is 0 Å². The number of aliphatic hydroxyl groups excluding tert-OH is 1. The summed E-state index contributed by atoms with van der Waals surface area (Å²) in [5.74, 6) is 0. The largest absolute Gasteiger partial charge is 0.396 e. The first-order valence-corrected chi connectivity index (χ1v) is 3.51. The van der Waals surface area contributed by atoms with E-state index < -0.39 is 8.69 Å². The SMILES string of the molecule is CCCCO.O=[PH2]O. The fraction of sp³-hybridized carbons (Fsp3) is 1.00. The first-order chi connectivity index (χ1) is 3.83. The number of rotatable bonds is 2. The van der Waals surface area contributed by atoms with Crippen LogP contribution in [0.2, 0.25) is 0 Å². The maximum atomic E-state index is 8.57. The van der Waals surface area contributed by atoms with Crippen LogP contribution in [-0.4, -0.2) is 16.6 Å². The molecule has 3 nitrogen and oxygen atoms in total. The molecule has 0 rings (SSSR count). The lowest BCUT2D eigenvalue weighted by molar-refractivity contribution is 0.287. The Morgan fingerprint density at radius 3 is 2.00 bits per heavy atom. The van der Waals surface area contributed by atoms with Crippen molar-refractivity contribution >= 4 is 8.69 Å². The molecule has 0 aromatic carbocycles. The van der Waals surface area contributed by atoms with Crippen LogP contribution in [0.25, 0.3) is 0 Å². The Kier molecular flexibility index (Phi) is 21.6. The summed E-state index contributed by atoms with van der Waals surface area (Å²) in [4.78, 5) is 7.10. The van der Waals surface area contributed by atoms with E-state index >= 15 is 0 Å². The second-order valence-electron chi connectivity index (χ2n) is 1.18. The Labute approximate surface area is 50.6 Å².